The molecule has 0 aromatic heterocycles. The summed E-state index contributed by atoms with van der Waals surface area (Å²) < 4.78 is 12.8. The molecular formula is C34H36O2. The van der Waals surface area contributed by atoms with Crippen LogP contribution in [0.5, 0.6) is 11.5 Å². The maximum atomic E-state index is 6.38. The van der Waals surface area contributed by atoms with Crippen molar-refractivity contribution >= 4 is 0 Å². The molecule has 0 heterocycles. The topological polar surface area (TPSA) is 18.5 Å². The van der Waals surface area contributed by atoms with Gasteiger partial charge in [0.25, 0.3) is 0 Å². The highest BCUT2D eigenvalue weighted by Gasteiger charge is 2.15. The first-order valence-corrected chi connectivity index (χ1v) is 13.4. The molecule has 0 spiro atoms. The molecule has 1 aliphatic rings. The highest BCUT2D eigenvalue weighted by molar-refractivity contribution is 5.50. The van der Waals surface area contributed by atoms with E-state index in [-0.39, 0.29) is 0 Å². The summed E-state index contributed by atoms with van der Waals surface area (Å²) in [5.41, 5.74) is 10.3. The zero-order chi connectivity index (χ0) is 24.7. The van der Waals surface area contributed by atoms with Crippen molar-refractivity contribution in [3.63, 3.8) is 0 Å². The Bertz CT molecular complexity index is 1140. The highest BCUT2D eigenvalue weighted by atomic mass is 16.5. The van der Waals surface area contributed by atoms with Crippen molar-refractivity contribution in [3.05, 3.63) is 129 Å². The van der Waals surface area contributed by atoms with Gasteiger partial charge in [-0.3, -0.25) is 0 Å². The van der Waals surface area contributed by atoms with Crippen LogP contribution < -0.4 is 9.47 Å². The summed E-state index contributed by atoms with van der Waals surface area (Å²) in [7, 11) is 0. The Balaban J connectivity index is 1.63. The standard InChI is InChI=1S/C34H36O2/c1-3-17-35-33-29-13-7-14-30(33)22-26-10-6-12-28(20-26)24-32-16-8-15-31(34(32)36-18-4-2)23-27-11-5-9-25(19-27)21-29/h5-16,19-20H,3-4,17-18,21-24H2,1-2H3. The van der Waals surface area contributed by atoms with E-state index in [1.807, 2.05) is 0 Å². The van der Waals surface area contributed by atoms with Crippen molar-refractivity contribution in [1.29, 1.82) is 0 Å². The predicted molar refractivity (Wildman–Crippen MR) is 149 cm³/mol. The molecule has 184 valence electrons. The molecule has 0 aliphatic heterocycles. The maximum Gasteiger partial charge on any atom is 0.126 e. The van der Waals surface area contributed by atoms with Gasteiger partial charge in [-0.25, -0.2) is 0 Å². The molecule has 0 fully saturated rings. The molecule has 5 rings (SSSR count). The van der Waals surface area contributed by atoms with Gasteiger partial charge in [0.15, 0.2) is 0 Å². The molecule has 0 N–H and O–H groups in total. The van der Waals surface area contributed by atoms with Crippen molar-refractivity contribution in [2.24, 2.45) is 0 Å². The molecule has 0 unspecified atom stereocenters. The molecule has 2 heteroatoms. The van der Waals surface area contributed by atoms with Crippen molar-refractivity contribution in [3.8, 4) is 11.5 Å². The van der Waals surface area contributed by atoms with Crippen molar-refractivity contribution in [2.45, 2.75) is 52.4 Å². The fraction of sp³-hybridized carbons (Fsp3) is 0.294. The molecule has 4 aromatic rings. The lowest BCUT2D eigenvalue weighted by atomic mass is 9.92. The fourth-order valence-corrected chi connectivity index (χ4v) is 5.19. The molecule has 0 radical (unpaired) electrons. The van der Waals surface area contributed by atoms with Gasteiger partial charge >= 0.3 is 0 Å². The second-order valence-electron chi connectivity index (χ2n) is 9.85. The summed E-state index contributed by atoms with van der Waals surface area (Å²) in [4.78, 5) is 0. The van der Waals surface area contributed by atoms with Gasteiger partial charge in [0.05, 0.1) is 13.2 Å². The summed E-state index contributed by atoms with van der Waals surface area (Å²) in [5.74, 6) is 2.12. The van der Waals surface area contributed by atoms with Crippen LogP contribution in [-0.4, -0.2) is 13.2 Å². The van der Waals surface area contributed by atoms with E-state index in [1.54, 1.807) is 0 Å². The van der Waals surface area contributed by atoms with Crippen LogP contribution in [0.3, 0.4) is 0 Å². The third-order valence-corrected chi connectivity index (χ3v) is 6.82. The monoisotopic (exact) mass is 476 g/mol. The zero-order valence-electron chi connectivity index (χ0n) is 21.6. The largest absolute Gasteiger partial charge is 0.493 e. The van der Waals surface area contributed by atoms with Gasteiger partial charge in [0, 0.05) is 25.7 Å². The van der Waals surface area contributed by atoms with E-state index in [0.29, 0.717) is 0 Å². The number of hydrogen-bond donors (Lipinski definition) is 0. The normalized spacial score (nSPS) is 12.7. The van der Waals surface area contributed by atoms with Crippen LogP contribution in [0.15, 0.2) is 84.9 Å². The molecule has 36 heavy (non-hydrogen) atoms. The van der Waals surface area contributed by atoms with E-state index in [1.165, 1.54) is 44.5 Å². The Morgan fingerprint density at radius 1 is 0.472 bits per heavy atom. The number of benzene rings is 4. The highest BCUT2D eigenvalue weighted by Crippen LogP contribution is 2.32. The van der Waals surface area contributed by atoms with Gasteiger partial charge < -0.3 is 9.47 Å². The van der Waals surface area contributed by atoms with Crippen LogP contribution in [0.4, 0.5) is 0 Å². The summed E-state index contributed by atoms with van der Waals surface area (Å²) in [6.45, 7) is 5.81. The lowest BCUT2D eigenvalue weighted by Gasteiger charge is -2.19. The smallest absolute Gasteiger partial charge is 0.126 e. The maximum absolute atomic E-state index is 6.38. The second-order valence-corrected chi connectivity index (χ2v) is 9.85. The molecule has 0 saturated heterocycles. The number of para-hydroxylation sites is 2. The first-order valence-electron chi connectivity index (χ1n) is 13.4. The van der Waals surface area contributed by atoms with Gasteiger partial charge in [0.1, 0.15) is 11.5 Å². The Morgan fingerprint density at radius 2 is 0.778 bits per heavy atom. The minimum atomic E-state index is 0.735. The molecule has 2 nitrogen and oxygen atoms in total. The van der Waals surface area contributed by atoms with Crippen LogP contribution in [0, 0.1) is 0 Å². The lowest BCUT2D eigenvalue weighted by molar-refractivity contribution is 0.311. The lowest BCUT2D eigenvalue weighted by Crippen LogP contribution is -2.06. The average Bonchev–Trinajstić information content (AvgIpc) is 2.88. The van der Waals surface area contributed by atoms with Crippen LogP contribution in [0.2, 0.25) is 0 Å². The molecule has 8 bridgehead atoms. The van der Waals surface area contributed by atoms with Gasteiger partial charge in [-0.2, -0.15) is 0 Å². The summed E-state index contributed by atoms with van der Waals surface area (Å²) in [5, 5.41) is 0. The van der Waals surface area contributed by atoms with E-state index in [0.717, 1.165) is 63.2 Å². The minimum absolute atomic E-state index is 0.735. The molecule has 4 aromatic carbocycles. The molecular weight excluding hydrogens is 440 g/mol. The Morgan fingerprint density at radius 3 is 1.08 bits per heavy atom. The van der Waals surface area contributed by atoms with Crippen LogP contribution in [0.25, 0.3) is 0 Å². The first kappa shape index (κ1) is 24.2. The number of rotatable bonds is 6. The summed E-state index contributed by atoms with van der Waals surface area (Å²) >= 11 is 0. The van der Waals surface area contributed by atoms with Crippen LogP contribution >= 0.6 is 0 Å². The van der Waals surface area contributed by atoms with E-state index < -0.39 is 0 Å². The molecule has 0 atom stereocenters. The fourth-order valence-electron chi connectivity index (χ4n) is 5.19. The van der Waals surface area contributed by atoms with Crippen molar-refractivity contribution in [1.82, 2.24) is 0 Å². The van der Waals surface area contributed by atoms with Gasteiger partial charge in [-0.15, -0.1) is 0 Å². The van der Waals surface area contributed by atoms with Crippen molar-refractivity contribution in [2.75, 3.05) is 13.2 Å². The van der Waals surface area contributed by atoms with Crippen LogP contribution in [-0.2, 0) is 25.7 Å². The summed E-state index contributed by atoms with van der Waals surface area (Å²) in [6.07, 6.45) is 5.44. The van der Waals surface area contributed by atoms with Gasteiger partial charge in [0.2, 0.25) is 0 Å². The molecule has 1 aliphatic carbocycles. The molecule has 0 saturated carbocycles. The third-order valence-electron chi connectivity index (χ3n) is 6.82. The average molecular weight is 477 g/mol. The SMILES string of the molecule is CCCOc1c2cccc1Cc1cccc(c1)Cc1cccc(c1OCCC)Cc1cccc(c1)C2. The zero-order valence-corrected chi connectivity index (χ0v) is 21.6. The Kier molecular flexibility index (Phi) is 7.71. The summed E-state index contributed by atoms with van der Waals surface area (Å²) in [6, 6.07) is 31.3. The van der Waals surface area contributed by atoms with Gasteiger partial charge in [-0.05, 0) is 57.3 Å². The van der Waals surface area contributed by atoms with E-state index >= 15 is 0 Å². The minimum Gasteiger partial charge on any atom is -0.493 e. The Hall–Kier alpha value is -3.52. The number of hydrogen-bond acceptors (Lipinski definition) is 2. The predicted octanol–water partition coefficient (Wildman–Crippen LogP) is 7.94. The van der Waals surface area contributed by atoms with Crippen molar-refractivity contribution < 1.29 is 9.47 Å². The Labute approximate surface area is 215 Å². The quantitative estimate of drug-likeness (QED) is 0.248. The number of fused-ring (bicyclic) bond motifs is 8. The molecule has 0 amide bonds. The van der Waals surface area contributed by atoms with E-state index in [9.17, 15) is 0 Å². The van der Waals surface area contributed by atoms with E-state index in [4.69, 9.17) is 9.47 Å². The van der Waals surface area contributed by atoms with Crippen LogP contribution in [0.1, 0.15) is 71.2 Å². The first-order chi connectivity index (χ1) is 17.7. The van der Waals surface area contributed by atoms with E-state index in [2.05, 4.69) is 98.8 Å². The second kappa shape index (κ2) is 11.5. The third kappa shape index (κ3) is 5.65. The number of ether oxygens (including phenoxy) is 2. The van der Waals surface area contributed by atoms with Gasteiger partial charge in [-0.1, -0.05) is 98.8 Å².